The van der Waals surface area contributed by atoms with Crippen LogP contribution in [0.3, 0.4) is 0 Å². The quantitative estimate of drug-likeness (QED) is 0.727. The van der Waals surface area contributed by atoms with Gasteiger partial charge in [-0.1, -0.05) is 17.3 Å². The van der Waals surface area contributed by atoms with Crippen molar-refractivity contribution in [1.29, 1.82) is 0 Å². The molecule has 0 bridgehead atoms. The molecule has 1 atom stereocenters. The molecular formula is C20H21N3O3. The maximum Gasteiger partial charge on any atom is 0.243 e. The smallest absolute Gasteiger partial charge is 0.243 e. The number of pyridine rings is 1. The summed E-state index contributed by atoms with van der Waals surface area (Å²) >= 11 is 0. The van der Waals surface area contributed by atoms with Crippen molar-refractivity contribution in [1.82, 2.24) is 14.6 Å². The van der Waals surface area contributed by atoms with Crippen molar-refractivity contribution in [2.45, 2.75) is 39.3 Å². The van der Waals surface area contributed by atoms with Crippen molar-refractivity contribution in [3.8, 4) is 0 Å². The Bertz CT molecular complexity index is 1030. The number of carbonyl (C=O) groups excluding carboxylic acids is 1. The number of benzene rings is 1. The average Bonchev–Trinajstić information content (AvgIpc) is 3.27. The van der Waals surface area contributed by atoms with Crippen LogP contribution in [-0.4, -0.2) is 27.1 Å². The molecule has 0 aliphatic carbocycles. The highest BCUT2D eigenvalue weighted by Crippen LogP contribution is 2.32. The molecule has 1 fully saturated rings. The number of nitrogens with zero attached hydrogens (tertiary/aromatic N) is 3. The molecule has 0 spiro atoms. The van der Waals surface area contributed by atoms with E-state index in [2.05, 4.69) is 5.16 Å². The second-order valence-corrected chi connectivity index (χ2v) is 6.87. The molecule has 1 saturated heterocycles. The summed E-state index contributed by atoms with van der Waals surface area (Å²) < 4.78 is 7.31. The minimum Gasteiger partial charge on any atom is -0.359 e. The second-order valence-electron chi connectivity index (χ2n) is 6.87. The molecule has 6 nitrogen and oxygen atoms in total. The number of para-hydroxylation sites is 1. The summed E-state index contributed by atoms with van der Waals surface area (Å²) in [6.07, 6.45) is 1.82. The molecule has 3 heterocycles. The van der Waals surface area contributed by atoms with Gasteiger partial charge in [-0.15, -0.1) is 0 Å². The molecule has 0 unspecified atom stereocenters. The van der Waals surface area contributed by atoms with Crippen LogP contribution in [0.1, 0.15) is 36.0 Å². The molecule has 0 N–H and O–H groups in total. The standard InChI is InChI=1S/C20H21N3O3/c1-13-10-19(26-21-13)17-8-5-9-22(17)20(25)12-23-14(2)11-18(24)15-6-3-4-7-16(15)23/h3-4,6-7,10-11,17H,5,8-9,12H2,1-2H3/t17-/m1/s1. The molecular weight excluding hydrogens is 330 g/mol. The van der Waals surface area contributed by atoms with Gasteiger partial charge in [0.15, 0.2) is 11.2 Å². The lowest BCUT2D eigenvalue weighted by Crippen LogP contribution is -2.34. The van der Waals surface area contributed by atoms with E-state index < -0.39 is 0 Å². The number of hydrogen-bond acceptors (Lipinski definition) is 4. The van der Waals surface area contributed by atoms with Crippen molar-refractivity contribution in [2.24, 2.45) is 0 Å². The molecule has 3 aromatic rings. The van der Waals surface area contributed by atoms with Crippen LogP contribution >= 0.6 is 0 Å². The predicted octanol–water partition coefficient (Wildman–Crippen LogP) is 2.97. The van der Waals surface area contributed by atoms with Crippen molar-refractivity contribution in [2.75, 3.05) is 6.54 Å². The molecule has 0 saturated carbocycles. The Hall–Kier alpha value is -2.89. The van der Waals surface area contributed by atoms with Crippen LogP contribution in [0.4, 0.5) is 0 Å². The van der Waals surface area contributed by atoms with E-state index in [1.165, 1.54) is 0 Å². The van der Waals surface area contributed by atoms with E-state index >= 15 is 0 Å². The van der Waals surface area contributed by atoms with Gasteiger partial charge in [0, 0.05) is 29.8 Å². The topological polar surface area (TPSA) is 68.3 Å². The van der Waals surface area contributed by atoms with Crippen molar-refractivity contribution >= 4 is 16.8 Å². The van der Waals surface area contributed by atoms with Gasteiger partial charge in [0.25, 0.3) is 0 Å². The van der Waals surface area contributed by atoms with E-state index in [0.29, 0.717) is 11.9 Å². The molecule has 2 aromatic heterocycles. The summed E-state index contributed by atoms with van der Waals surface area (Å²) in [7, 11) is 0. The van der Waals surface area contributed by atoms with Crippen molar-refractivity contribution < 1.29 is 9.32 Å². The number of fused-ring (bicyclic) bond motifs is 1. The number of rotatable bonds is 3. The Morgan fingerprint density at radius 1 is 1.27 bits per heavy atom. The maximum absolute atomic E-state index is 13.1. The Balaban J connectivity index is 1.66. The SMILES string of the molecule is Cc1cc([C@H]2CCCN2C(=O)Cn2c(C)cc(=O)c3ccccc32)on1. The first-order valence-electron chi connectivity index (χ1n) is 8.86. The van der Waals surface area contributed by atoms with Crippen molar-refractivity contribution in [3.63, 3.8) is 0 Å². The highest BCUT2D eigenvalue weighted by Gasteiger charge is 2.32. The predicted molar refractivity (Wildman–Crippen MR) is 97.9 cm³/mol. The third kappa shape index (κ3) is 2.81. The van der Waals surface area contributed by atoms with E-state index in [-0.39, 0.29) is 23.9 Å². The fourth-order valence-electron chi connectivity index (χ4n) is 3.79. The lowest BCUT2D eigenvalue weighted by molar-refractivity contribution is -0.133. The first kappa shape index (κ1) is 16.6. The molecule has 26 heavy (non-hydrogen) atoms. The highest BCUT2D eigenvalue weighted by atomic mass is 16.5. The maximum atomic E-state index is 13.1. The summed E-state index contributed by atoms with van der Waals surface area (Å²) in [5.74, 6) is 0.772. The van der Waals surface area contributed by atoms with Crippen LogP contribution in [0, 0.1) is 13.8 Å². The van der Waals surface area contributed by atoms with E-state index in [1.54, 1.807) is 12.1 Å². The van der Waals surface area contributed by atoms with Crippen LogP contribution in [0.15, 0.2) is 45.7 Å². The molecule has 1 aromatic carbocycles. The van der Waals surface area contributed by atoms with Gasteiger partial charge in [-0.05, 0) is 38.8 Å². The minimum atomic E-state index is -0.0605. The molecule has 1 amide bonds. The first-order valence-corrected chi connectivity index (χ1v) is 8.86. The Kier molecular flexibility index (Phi) is 4.11. The zero-order valence-electron chi connectivity index (χ0n) is 14.9. The van der Waals surface area contributed by atoms with Gasteiger partial charge in [0.1, 0.15) is 6.54 Å². The molecule has 1 aliphatic rings. The Labute approximate surface area is 151 Å². The second kappa shape index (κ2) is 6.44. The van der Waals surface area contributed by atoms with Gasteiger partial charge in [0.2, 0.25) is 5.91 Å². The number of amides is 1. The molecule has 134 valence electrons. The van der Waals surface area contributed by atoms with Crippen molar-refractivity contribution in [3.05, 3.63) is 63.8 Å². The van der Waals surface area contributed by atoms with Gasteiger partial charge >= 0.3 is 0 Å². The zero-order valence-corrected chi connectivity index (χ0v) is 14.9. The summed E-state index contributed by atoms with van der Waals surface area (Å²) in [6.45, 7) is 4.66. The number of aromatic nitrogens is 2. The van der Waals surface area contributed by atoms with Gasteiger partial charge in [-0.25, -0.2) is 0 Å². The first-order chi connectivity index (χ1) is 12.5. The fourth-order valence-corrected chi connectivity index (χ4v) is 3.79. The van der Waals surface area contributed by atoms with Gasteiger partial charge in [-0.3, -0.25) is 9.59 Å². The van der Waals surface area contributed by atoms with E-state index in [1.807, 2.05) is 47.6 Å². The van der Waals surface area contributed by atoms with Crippen LogP contribution < -0.4 is 5.43 Å². The third-order valence-corrected chi connectivity index (χ3v) is 5.07. The van der Waals surface area contributed by atoms with Gasteiger partial charge < -0.3 is 14.0 Å². The van der Waals surface area contributed by atoms with E-state index in [0.717, 1.165) is 35.5 Å². The summed E-state index contributed by atoms with van der Waals surface area (Å²) in [5.41, 5.74) is 2.38. The summed E-state index contributed by atoms with van der Waals surface area (Å²) in [5, 5.41) is 4.58. The molecule has 6 heteroatoms. The van der Waals surface area contributed by atoms with Crippen LogP contribution in [-0.2, 0) is 11.3 Å². The normalized spacial score (nSPS) is 17.2. The van der Waals surface area contributed by atoms with Gasteiger partial charge in [-0.2, -0.15) is 0 Å². The lowest BCUT2D eigenvalue weighted by atomic mass is 10.1. The van der Waals surface area contributed by atoms with Crippen LogP contribution in [0.25, 0.3) is 10.9 Å². The van der Waals surface area contributed by atoms with Crippen LogP contribution in [0.5, 0.6) is 0 Å². The van der Waals surface area contributed by atoms with Gasteiger partial charge in [0.05, 0.1) is 17.3 Å². The number of hydrogen-bond donors (Lipinski definition) is 0. The van der Waals surface area contributed by atoms with Crippen LogP contribution in [0.2, 0.25) is 0 Å². The monoisotopic (exact) mass is 351 g/mol. The average molecular weight is 351 g/mol. The molecule has 0 radical (unpaired) electrons. The zero-order chi connectivity index (χ0) is 18.3. The lowest BCUT2D eigenvalue weighted by Gasteiger charge is -2.24. The third-order valence-electron chi connectivity index (χ3n) is 5.07. The summed E-state index contributed by atoms with van der Waals surface area (Å²) in [6, 6.07) is 10.8. The Morgan fingerprint density at radius 2 is 2.08 bits per heavy atom. The summed E-state index contributed by atoms with van der Waals surface area (Å²) in [4.78, 5) is 27.1. The minimum absolute atomic E-state index is 0.0158. The molecule has 4 rings (SSSR count). The Morgan fingerprint density at radius 3 is 2.85 bits per heavy atom. The van der Waals surface area contributed by atoms with E-state index in [4.69, 9.17) is 4.52 Å². The fraction of sp³-hybridized carbons (Fsp3) is 0.350. The number of likely N-dealkylation sites (tertiary alicyclic amines) is 1. The number of aryl methyl sites for hydroxylation is 2. The number of carbonyl (C=O) groups is 1. The highest BCUT2D eigenvalue weighted by molar-refractivity contribution is 5.83. The van der Waals surface area contributed by atoms with E-state index in [9.17, 15) is 9.59 Å². The molecule has 1 aliphatic heterocycles. The largest absolute Gasteiger partial charge is 0.359 e.